The van der Waals surface area contributed by atoms with Gasteiger partial charge in [-0.2, -0.15) is 0 Å². The molecule has 0 bridgehead atoms. The minimum absolute atomic E-state index is 0.329. The standard InChI is InChI=1S/C17H29N3/c1-15(2)12-17(18)14-20-10-8-19(9-11-20)13-16-6-4-3-5-7-16/h3-7,15,17H,8-14,18H2,1-2H3. The Kier molecular flexibility index (Phi) is 6.02. The fourth-order valence-electron chi connectivity index (χ4n) is 2.98. The zero-order valence-electron chi connectivity index (χ0n) is 13.0. The van der Waals surface area contributed by atoms with E-state index in [1.54, 1.807) is 0 Å². The third kappa shape index (κ3) is 5.23. The predicted molar refractivity (Wildman–Crippen MR) is 85.6 cm³/mol. The van der Waals surface area contributed by atoms with Crippen LogP contribution in [0.25, 0.3) is 0 Å². The third-order valence-corrected chi connectivity index (χ3v) is 3.98. The summed E-state index contributed by atoms with van der Waals surface area (Å²) in [6, 6.07) is 11.1. The lowest BCUT2D eigenvalue weighted by atomic mass is 10.0. The van der Waals surface area contributed by atoms with Crippen LogP contribution in [0.3, 0.4) is 0 Å². The molecule has 1 aliphatic heterocycles. The van der Waals surface area contributed by atoms with Crippen LogP contribution in [-0.4, -0.2) is 48.6 Å². The molecule has 0 spiro atoms. The van der Waals surface area contributed by atoms with Crippen LogP contribution < -0.4 is 5.73 Å². The van der Waals surface area contributed by atoms with Crippen LogP contribution in [-0.2, 0) is 6.54 Å². The van der Waals surface area contributed by atoms with Crippen molar-refractivity contribution in [3.05, 3.63) is 35.9 Å². The first kappa shape index (κ1) is 15.5. The molecule has 1 atom stereocenters. The first-order valence-corrected chi connectivity index (χ1v) is 7.87. The van der Waals surface area contributed by atoms with Crippen molar-refractivity contribution in [3.8, 4) is 0 Å². The second-order valence-electron chi connectivity index (χ2n) is 6.45. The minimum atomic E-state index is 0.329. The van der Waals surface area contributed by atoms with Crippen molar-refractivity contribution in [1.82, 2.24) is 9.80 Å². The summed E-state index contributed by atoms with van der Waals surface area (Å²) in [7, 11) is 0. The second-order valence-corrected chi connectivity index (χ2v) is 6.45. The highest BCUT2D eigenvalue weighted by Crippen LogP contribution is 2.10. The molecule has 3 heteroatoms. The molecule has 2 N–H and O–H groups in total. The smallest absolute Gasteiger partial charge is 0.0234 e. The summed E-state index contributed by atoms with van der Waals surface area (Å²) >= 11 is 0. The van der Waals surface area contributed by atoms with E-state index in [1.165, 1.54) is 5.56 Å². The van der Waals surface area contributed by atoms with Crippen molar-refractivity contribution >= 4 is 0 Å². The molecular formula is C17H29N3. The fraction of sp³-hybridized carbons (Fsp3) is 0.647. The van der Waals surface area contributed by atoms with Crippen LogP contribution in [0.4, 0.5) is 0 Å². The fourth-order valence-corrected chi connectivity index (χ4v) is 2.98. The van der Waals surface area contributed by atoms with Gasteiger partial charge in [-0.25, -0.2) is 0 Å². The summed E-state index contributed by atoms with van der Waals surface area (Å²) in [5.74, 6) is 0.698. The van der Waals surface area contributed by atoms with E-state index in [2.05, 4.69) is 54.0 Å². The molecule has 1 fully saturated rings. The molecular weight excluding hydrogens is 246 g/mol. The Labute approximate surface area is 123 Å². The van der Waals surface area contributed by atoms with Crippen molar-refractivity contribution in [1.29, 1.82) is 0 Å². The van der Waals surface area contributed by atoms with Gasteiger partial charge in [0.05, 0.1) is 0 Å². The highest BCUT2D eigenvalue weighted by molar-refractivity contribution is 5.14. The molecule has 1 heterocycles. The summed E-state index contributed by atoms with van der Waals surface area (Å²) in [5.41, 5.74) is 7.62. The molecule has 1 aromatic rings. The number of benzene rings is 1. The van der Waals surface area contributed by atoms with Crippen LogP contribution in [0, 0.1) is 5.92 Å². The Morgan fingerprint density at radius 3 is 2.20 bits per heavy atom. The molecule has 0 amide bonds. The maximum absolute atomic E-state index is 6.21. The van der Waals surface area contributed by atoms with Gasteiger partial charge in [0.2, 0.25) is 0 Å². The summed E-state index contributed by atoms with van der Waals surface area (Å²) in [6.45, 7) is 11.2. The number of rotatable bonds is 6. The van der Waals surface area contributed by atoms with Crippen LogP contribution in [0.15, 0.2) is 30.3 Å². The SMILES string of the molecule is CC(C)CC(N)CN1CCN(Cc2ccccc2)CC1. The van der Waals surface area contributed by atoms with Crippen molar-refractivity contribution in [3.63, 3.8) is 0 Å². The van der Waals surface area contributed by atoms with E-state index >= 15 is 0 Å². The Morgan fingerprint density at radius 1 is 1.00 bits per heavy atom. The van der Waals surface area contributed by atoms with E-state index in [4.69, 9.17) is 5.73 Å². The molecule has 1 aromatic carbocycles. The van der Waals surface area contributed by atoms with Crippen LogP contribution in [0.5, 0.6) is 0 Å². The highest BCUT2D eigenvalue weighted by Gasteiger charge is 2.19. The highest BCUT2D eigenvalue weighted by atomic mass is 15.3. The van der Waals surface area contributed by atoms with E-state index in [0.717, 1.165) is 45.7 Å². The molecule has 0 aliphatic carbocycles. The summed E-state index contributed by atoms with van der Waals surface area (Å²) in [5, 5.41) is 0. The molecule has 0 radical (unpaired) electrons. The number of nitrogens with zero attached hydrogens (tertiary/aromatic N) is 2. The Balaban J connectivity index is 1.70. The van der Waals surface area contributed by atoms with Gasteiger partial charge in [-0.1, -0.05) is 44.2 Å². The zero-order chi connectivity index (χ0) is 14.4. The predicted octanol–water partition coefficient (Wildman–Crippen LogP) is 2.18. The van der Waals surface area contributed by atoms with Crippen LogP contribution in [0.2, 0.25) is 0 Å². The quantitative estimate of drug-likeness (QED) is 0.863. The van der Waals surface area contributed by atoms with Crippen molar-refractivity contribution in [2.24, 2.45) is 11.7 Å². The largest absolute Gasteiger partial charge is 0.327 e. The number of piperazine rings is 1. The van der Waals surface area contributed by atoms with Gasteiger partial charge >= 0.3 is 0 Å². The van der Waals surface area contributed by atoms with Crippen molar-refractivity contribution < 1.29 is 0 Å². The molecule has 1 unspecified atom stereocenters. The summed E-state index contributed by atoms with van der Waals surface area (Å²) < 4.78 is 0. The van der Waals surface area contributed by atoms with Crippen molar-refractivity contribution in [2.45, 2.75) is 32.9 Å². The topological polar surface area (TPSA) is 32.5 Å². The molecule has 20 heavy (non-hydrogen) atoms. The number of hydrogen-bond donors (Lipinski definition) is 1. The summed E-state index contributed by atoms with van der Waals surface area (Å²) in [6.07, 6.45) is 1.13. The van der Waals surface area contributed by atoms with E-state index in [0.29, 0.717) is 12.0 Å². The van der Waals surface area contributed by atoms with E-state index in [-0.39, 0.29) is 0 Å². The van der Waals surface area contributed by atoms with Gasteiger partial charge in [0.1, 0.15) is 0 Å². The van der Waals surface area contributed by atoms with Gasteiger partial charge < -0.3 is 5.73 Å². The van der Waals surface area contributed by atoms with Gasteiger partial charge in [0.25, 0.3) is 0 Å². The Bertz CT molecular complexity index is 369. The molecule has 1 saturated heterocycles. The Morgan fingerprint density at radius 2 is 1.60 bits per heavy atom. The molecule has 3 nitrogen and oxygen atoms in total. The number of hydrogen-bond acceptors (Lipinski definition) is 3. The maximum atomic E-state index is 6.21. The van der Waals surface area contributed by atoms with E-state index in [9.17, 15) is 0 Å². The first-order valence-electron chi connectivity index (χ1n) is 7.87. The van der Waals surface area contributed by atoms with Crippen LogP contribution in [0.1, 0.15) is 25.8 Å². The third-order valence-electron chi connectivity index (χ3n) is 3.98. The second kappa shape index (κ2) is 7.77. The molecule has 1 aliphatic rings. The molecule has 112 valence electrons. The van der Waals surface area contributed by atoms with Crippen molar-refractivity contribution in [2.75, 3.05) is 32.7 Å². The first-order chi connectivity index (χ1) is 9.63. The van der Waals surface area contributed by atoms with E-state index < -0.39 is 0 Å². The van der Waals surface area contributed by atoms with E-state index in [1.807, 2.05) is 0 Å². The van der Waals surface area contributed by atoms with Gasteiger partial charge in [-0.05, 0) is 17.9 Å². The average Bonchev–Trinajstić information content (AvgIpc) is 2.41. The Hall–Kier alpha value is -0.900. The monoisotopic (exact) mass is 275 g/mol. The maximum Gasteiger partial charge on any atom is 0.0234 e. The van der Waals surface area contributed by atoms with Crippen LogP contribution >= 0.6 is 0 Å². The van der Waals surface area contributed by atoms with Gasteiger partial charge in [-0.15, -0.1) is 0 Å². The number of nitrogens with two attached hydrogens (primary N) is 1. The lowest BCUT2D eigenvalue weighted by Crippen LogP contribution is -2.49. The van der Waals surface area contributed by atoms with Gasteiger partial charge in [0.15, 0.2) is 0 Å². The minimum Gasteiger partial charge on any atom is -0.327 e. The molecule has 0 aromatic heterocycles. The summed E-state index contributed by atoms with van der Waals surface area (Å²) in [4.78, 5) is 5.06. The zero-order valence-corrected chi connectivity index (χ0v) is 13.0. The molecule has 2 rings (SSSR count). The van der Waals surface area contributed by atoms with Gasteiger partial charge in [-0.3, -0.25) is 9.80 Å². The average molecular weight is 275 g/mol. The molecule has 0 saturated carbocycles. The normalized spacial score (nSPS) is 19.4. The van der Waals surface area contributed by atoms with Gasteiger partial charge in [0, 0.05) is 45.3 Å². The lowest BCUT2D eigenvalue weighted by Gasteiger charge is -2.36. The lowest BCUT2D eigenvalue weighted by molar-refractivity contribution is 0.120.